The maximum Gasteiger partial charge on any atom is 0.0299 e. The summed E-state index contributed by atoms with van der Waals surface area (Å²) in [5.74, 6) is 0. The van der Waals surface area contributed by atoms with Gasteiger partial charge < -0.3 is 0 Å². The standard InChI is InChI=1S/C17H21N/c1-13(2)6-7-16(14(3)4)8-9-17-10-11-18-12-15(17)5/h6-8,10-12H,1,3,9H2,2,4-5H3/b7-6-,16-8+. The second kappa shape index (κ2) is 6.75. The molecule has 0 saturated heterocycles. The smallest absolute Gasteiger partial charge is 0.0299 e. The minimum absolute atomic E-state index is 0.900. The first-order valence-corrected chi connectivity index (χ1v) is 6.10. The van der Waals surface area contributed by atoms with Crippen LogP contribution in [-0.4, -0.2) is 4.98 Å². The number of aromatic nitrogens is 1. The third-order valence-electron chi connectivity index (χ3n) is 2.72. The number of hydrogen-bond donors (Lipinski definition) is 0. The average Bonchev–Trinajstić information content (AvgIpc) is 2.30. The number of hydrogen-bond acceptors (Lipinski definition) is 1. The van der Waals surface area contributed by atoms with E-state index >= 15 is 0 Å². The fourth-order valence-electron chi connectivity index (χ4n) is 1.57. The lowest BCUT2D eigenvalue weighted by Crippen LogP contribution is -1.90. The van der Waals surface area contributed by atoms with Crippen LogP contribution in [0.15, 0.2) is 66.6 Å². The van der Waals surface area contributed by atoms with Crippen LogP contribution in [0, 0.1) is 6.92 Å². The van der Waals surface area contributed by atoms with E-state index in [1.54, 1.807) is 0 Å². The predicted octanol–water partition coefficient (Wildman–Crippen LogP) is 4.57. The Morgan fingerprint density at radius 1 is 1.28 bits per heavy atom. The van der Waals surface area contributed by atoms with E-state index in [1.165, 1.54) is 11.1 Å². The highest BCUT2D eigenvalue weighted by atomic mass is 14.6. The Balaban J connectivity index is 2.88. The Kier molecular flexibility index (Phi) is 5.31. The van der Waals surface area contributed by atoms with Gasteiger partial charge in [-0.1, -0.05) is 42.5 Å². The van der Waals surface area contributed by atoms with Gasteiger partial charge in [0.1, 0.15) is 0 Å². The molecule has 94 valence electrons. The van der Waals surface area contributed by atoms with Gasteiger partial charge in [0.05, 0.1) is 0 Å². The number of aryl methyl sites for hydroxylation is 1. The summed E-state index contributed by atoms with van der Waals surface area (Å²) in [7, 11) is 0. The van der Waals surface area contributed by atoms with Crippen LogP contribution in [0.4, 0.5) is 0 Å². The molecular weight excluding hydrogens is 218 g/mol. The normalized spacial score (nSPS) is 11.8. The van der Waals surface area contributed by atoms with Gasteiger partial charge in [0.25, 0.3) is 0 Å². The van der Waals surface area contributed by atoms with Crippen molar-refractivity contribution in [3.8, 4) is 0 Å². The number of allylic oxidation sites excluding steroid dienone is 6. The highest BCUT2D eigenvalue weighted by molar-refractivity contribution is 5.40. The molecule has 0 aliphatic carbocycles. The lowest BCUT2D eigenvalue weighted by Gasteiger charge is -2.04. The highest BCUT2D eigenvalue weighted by Gasteiger charge is 1.97. The van der Waals surface area contributed by atoms with Crippen LogP contribution in [0.5, 0.6) is 0 Å². The van der Waals surface area contributed by atoms with Crippen LogP contribution in [0.3, 0.4) is 0 Å². The molecule has 18 heavy (non-hydrogen) atoms. The molecule has 0 N–H and O–H groups in total. The maximum atomic E-state index is 4.10. The summed E-state index contributed by atoms with van der Waals surface area (Å²) in [5, 5.41) is 0. The van der Waals surface area contributed by atoms with Crippen LogP contribution in [0.25, 0.3) is 0 Å². The molecule has 0 unspecified atom stereocenters. The Morgan fingerprint density at radius 2 is 2.00 bits per heavy atom. The average molecular weight is 239 g/mol. The molecule has 1 aromatic heterocycles. The molecule has 0 aliphatic heterocycles. The fourth-order valence-corrected chi connectivity index (χ4v) is 1.57. The molecule has 1 nitrogen and oxygen atoms in total. The van der Waals surface area contributed by atoms with Crippen molar-refractivity contribution in [2.75, 3.05) is 0 Å². The van der Waals surface area contributed by atoms with E-state index < -0.39 is 0 Å². The first-order valence-electron chi connectivity index (χ1n) is 6.10. The monoisotopic (exact) mass is 239 g/mol. The molecular formula is C17H21N. The summed E-state index contributed by atoms with van der Waals surface area (Å²) in [6, 6.07) is 2.06. The first kappa shape index (κ1) is 14.2. The third kappa shape index (κ3) is 4.54. The fraction of sp³-hybridized carbons (Fsp3) is 0.235. The molecule has 0 aliphatic rings. The van der Waals surface area contributed by atoms with Gasteiger partial charge in [-0.3, -0.25) is 4.98 Å². The zero-order valence-electron chi connectivity index (χ0n) is 11.5. The van der Waals surface area contributed by atoms with Crippen LogP contribution >= 0.6 is 0 Å². The third-order valence-corrected chi connectivity index (χ3v) is 2.72. The Bertz CT molecular complexity index is 504. The van der Waals surface area contributed by atoms with Gasteiger partial charge in [0.15, 0.2) is 0 Å². The molecule has 1 rings (SSSR count). The minimum Gasteiger partial charge on any atom is -0.264 e. The van der Waals surface area contributed by atoms with Crippen molar-refractivity contribution in [3.05, 3.63) is 77.7 Å². The minimum atomic E-state index is 0.900. The topological polar surface area (TPSA) is 12.9 Å². The van der Waals surface area contributed by atoms with Crippen molar-refractivity contribution in [2.24, 2.45) is 0 Å². The number of pyridine rings is 1. The molecule has 0 saturated carbocycles. The van der Waals surface area contributed by atoms with Crippen molar-refractivity contribution in [1.29, 1.82) is 0 Å². The SMILES string of the molecule is C=C(C)/C=C\C(=C/Cc1ccncc1C)C(=C)C. The molecule has 1 heteroatoms. The van der Waals surface area contributed by atoms with E-state index in [0.717, 1.165) is 23.1 Å². The van der Waals surface area contributed by atoms with Gasteiger partial charge >= 0.3 is 0 Å². The molecule has 0 atom stereocenters. The molecule has 0 spiro atoms. The van der Waals surface area contributed by atoms with Crippen LogP contribution in [-0.2, 0) is 6.42 Å². The molecule has 0 radical (unpaired) electrons. The maximum absolute atomic E-state index is 4.10. The second-order valence-corrected chi connectivity index (χ2v) is 4.63. The molecule has 0 amide bonds. The van der Waals surface area contributed by atoms with Gasteiger partial charge in [0, 0.05) is 12.4 Å². The summed E-state index contributed by atoms with van der Waals surface area (Å²) in [6.45, 7) is 14.0. The summed E-state index contributed by atoms with van der Waals surface area (Å²) in [6.07, 6.45) is 10.9. The van der Waals surface area contributed by atoms with E-state index in [0.29, 0.717) is 0 Å². The van der Waals surface area contributed by atoms with E-state index in [4.69, 9.17) is 0 Å². The lowest BCUT2D eigenvalue weighted by atomic mass is 10.0. The lowest BCUT2D eigenvalue weighted by molar-refractivity contribution is 1.14. The van der Waals surface area contributed by atoms with Gasteiger partial charge in [-0.05, 0) is 50.0 Å². The Morgan fingerprint density at radius 3 is 2.56 bits per heavy atom. The molecule has 0 fully saturated rings. The predicted molar refractivity (Wildman–Crippen MR) is 79.5 cm³/mol. The van der Waals surface area contributed by atoms with Crippen molar-refractivity contribution >= 4 is 0 Å². The van der Waals surface area contributed by atoms with Crippen molar-refractivity contribution < 1.29 is 0 Å². The van der Waals surface area contributed by atoms with E-state index in [1.807, 2.05) is 32.3 Å². The molecule has 0 bridgehead atoms. The van der Waals surface area contributed by atoms with Crippen LogP contribution < -0.4 is 0 Å². The Hall–Kier alpha value is -1.89. The Labute approximate surface area is 110 Å². The second-order valence-electron chi connectivity index (χ2n) is 4.63. The van der Waals surface area contributed by atoms with E-state index in [2.05, 4.69) is 43.3 Å². The van der Waals surface area contributed by atoms with Crippen LogP contribution in [0.1, 0.15) is 25.0 Å². The van der Waals surface area contributed by atoms with Gasteiger partial charge in [0.2, 0.25) is 0 Å². The summed E-state index contributed by atoms with van der Waals surface area (Å²) < 4.78 is 0. The van der Waals surface area contributed by atoms with Crippen molar-refractivity contribution in [2.45, 2.75) is 27.2 Å². The molecule has 0 aromatic carbocycles. The zero-order valence-corrected chi connectivity index (χ0v) is 11.5. The largest absolute Gasteiger partial charge is 0.264 e. The van der Waals surface area contributed by atoms with Crippen molar-refractivity contribution in [3.63, 3.8) is 0 Å². The van der Waals surface area contributed by atoms with E-state index in [9.17, 15) is 0 Å². The van der Waals surface area contributed by atoms with Gasteiger partial charge in [-0.15, -0.1) is 0 Å². The summed E-state index contributed by atoms with van der Waals surface area (Å²) in [5.41, 5.74) is 5.79. The number of rotatable bonds is 5. The van der Waals surface area contributed by atoms with Gasteiger partial charge in [-0.2, -0.15) is 0 Å². The quantitative estimate of drug-likeness (QED) is 0.686. The summed E-state index contributed by atoms with van der Waals surface area (Å²) in [4.78, 5) is 4.10. The highest BCUT2D eigenvalue weighted by Crippen LogP contribution is 2.13. The van der Waals surface area contributed by atoms with Crippen molar-refractivity contribution in [1.82, 2.24) is 4.98 Å². The first-order chi connectivity index (χ1) is 8.50. The molecule has 1 aromatic rings. The summed E-state index contributed by atoms with van der Waals surface area (Å²) >= 11 is 0. The molecule has 1 heterocycles. The zero-order chi connectivity index (χ0) is 13.5. The number of nitrogens with zero attached hydrogens (tertiary/aromatic N) is 1. The van der Waals surface area contributed by atoms with E-state index in [-0.39, 0.29) is 0 Å². The van der Waals surface area contributed by atoms with Crippen LogP contribution in [0.2, 0.25) is 0 Å². The van der Waals surface area contributed by atoms with Gasteiger partial charge in [-0.25, -0.2) is 0 Å².